The highest BCUT2D eigenvalue weighted by Crippen LogP contribution is 2.39. The van der Waals surface area contributed by atoms with Gasteiger partial charge in [0.15, 0.2) is 0 Å². The average molecular weight is 296 g/mol. The van der Waals surface area contributed by atoms with Gasteiger partial charge in [-0.15, -0.1) is 0 Å². The van der Waals surface area contributed by atoms with Gasteiger partial charge in [-0.3, -0.25) is 4.79 Å². The third-order valence-electron chi connectivity index (χ3n) is 4.74. The molecule has 0 saturated heterocycles. The minimum Gasteiger partial charge on any atom is -0.341 e. The molecular weight excluding hydrogens is 260 g/mol. The molecule has 1 rings (SSSR count). The van der Waals surface area contributed by atoms with Gasteiger partial charge in [0.25, 0.3) is 0 Å². The summed E-state index contributed by atoms with van der Waals surface area (Å²) in [5, 5.41) is 0. The Hall–Kier alpha value is -0.570. The van der Waals surface area contributed by atoms with Crippen molar-refractivity contribution in [2.75, 3.05) is 13.1 Å². The molecule has 1 aliphatic carbocycles. The summed E-state index contributed by atoms with van der Waals surface area (Å²) in [4.78, 5) is 14.8. The molecule has 0 aromatic heterocycles. The molecule has 0 heterocycles. The fourth-order valence-electron chi connectivity index (χ4n) is 2.97. The predicted octanol–water partition coefficient (Wildman–Crippen LogP) is 4.10. The summed E-state index contributed by atoms with van der Waals surface area (Å²) >= 11 is 0. The molecule has 0 aromatic carbocycles. The quantitative estimate of drug-likeness (QED) is 0.551. The second kappa shape index (κ2) is 9.45. The zero-order valence-corrected chi connectivity index (χ0v) is 14.5. The van der Waals surface area contributed by atoms with E-state index in [0.717, 1.165) is 38.8 Å². The van der Waals surface area contributed by atoms with Gasteiger partial charge in [0, 0.05) is 13.1 Å². The third kappa shape index (κ3) is 6.37. The highest BCUT2D eigenvalue weighted by Gasteiger charge is 2.45. The zero-order valence-electron chi connectivity index (χ0n) is 14.5. The van der Waals surface area contributed by atoms with E-state index in [4.69, 9.17) is 5.73 Å². The van der Waals surface area contributed by atoms with Gasteiger partial charge in [0.1, 0.15) is 0 Å². The fourth-order valence-corrected chi connectivity index (χ4v) is 2.97. The van der Waals surface area contributed by atoms with E-state index in [1.807, 2.05) is 6.92 Å². The van der Waals surface area contributed by atoms with E-state index in [2.05, 4.69) is 18.7 Å². The number of nitrogens with two attached hydrogens (primary N) is 1. The summed E-state index contributed by atoms with van der Waals surface area (Å²) in [7, 11) is 0. The number of amides is 1. The van der Waals surface area contributed by atoms with Crippen LogP contribution in [0.2, 0.25) is 0 Å². The van der Waals surface area contributed by atoms with Gasteiger partial charge < -0.3 is 10.6 Å². The smallest absolute Gasteiger partial charge is 0.242 e. The first-order valence-corrected chi connectivity index (χ1v) is 9.12. The first-order valence-electron chi connectivity index (χ1n) is 9.12. The van der Waals surface area contributed by atoms with Crippen molar-refractivity contribution in [2.45, 2.75) is 90.5 Å². The van der Waals surface area contributed by atoms with Gasteiger partial charge in [-0.25, -0.2) is 0 Å². The predicted molar refractivity (Wildman–Crippen MR) is 90.2 cm³/mol. The van der Waals surface area contributed by atoms with Crippen LogP contribution >= 0.6 is 0 Å². The highest BCUT2D eigenvalue weighted by atomic mass is 16.2. The van der Waals surface area contributed by atoms with Crippen molar-refractivity contribution in [1.82, 2.24) is 4.90 Å². The lowest BCUT2D eigenvalue weighted by atomic mass is 9.95. The van der Waals surface area contributed by atoms with Crippen LogP contribution < -0.4 is 5.73 Å². The van der Waals surface area contributed by atoms with Gasteiger partial charge in [0.05, 0.1) is 5.54 Å². The third-order valence-corrected chi connectivity index (χ3v) is 4.74. The number of rotatable bonds is 12. The van der Waals surface area contributed by atoms with Gasteiger partial charge in [-0.1, -0.05) is 52.4 Å². The van der Waals surface area contributed by atoms with E-state index < -0.39 is 5.54 Å². The van der Waals surface area contributed by atoms with Crippen molar-refractivity contribution in [3.63, 3.8) is 0 Å². The first-order chi connectivity index (χ1) is 10.0. The van der Waals surface area contributed by atoms with Crippen molar-refractivity contribution >= 4 is 5.91 Å². The molecule has 1 atom stereocenters. The van der Waals surface area contributed by atoms with E-state index >= 15 is 0 Å². The average Bonchev–Trinajstić information content (AvgIpc) is 3.30. The Morgan fingerprint density at radius 2 is 1.48 bits per heavy atom. The fraction of sp³-hybridized carbons (Fsp3) is 0.944. The lowest BCUT2D eigenvalue weighted by molar-refractivity contribution is -0.137. The summed E-state index contributed by atoms with van der Waals surface area (Å²) < 4.78 is 0. The molecule has 1 aliphatic rings. The largest absolute Gasteiger partial charge is 0.341 e. The Labute approximate surface area is 131 Å². The van der Waals surface area contributed by atoms with E-state index in [1.54, 1.807) is 0 Å². The summed E-state index contributed by atoms with van der Waals surface area (Å²) in [6.45, 7) is 8.17. The summed E-state index contributed by atoms with van der Waals surface area (Å²) in [5.74, 6) is 0.608. The lowest BCUT2D eigenvalue weighted by Gasteiger charge is -2.32. The molecule has 3 nitrogen and oxygen atoms in total. The SMILES string of the molecule is CCCCCCN(CCCCCC)C(=O)C(C)(N)C1CC1. The Kier molecular flexibility index (Phi) is 8.31. The molecule has 0 bridgehead atoms. The lowest BCUT2D eigenvalue weighted by Crippen LogP contribution is -2.55. The molecule has 1 fully saturated rings. The molecule has 21 heavy (non-hydrogen) atoms. The molecule has 1 saturated carbocycles. The van der Waals surface area contributed by atoms with Crippen LogP contribution in [-0.4, -0.2) is 29.4 Å². The number of hydrogen-bond acceptors (Lipinski definition) is 2. The van der Waals surface area contributed by atoms with E-state index in [1.165, 1.54) is 38.5 Å². The number of nitrogens with zero attached hydrogens (tertiary/aromatic N) is 1. The summed E-state index contributed by atoms with van der Waals surface area (Å²) in [5.41, 5.74) is 5.71. The van der Waals surface area contributed by atoms with Gasteiger partial charge in [-0.05, 0) is 38.5 Å². The van der Waals surface area contributed by atoms with Gasteiger partial charge in [-0.2, -0.15) is 0 Å². The Bertz CT molecular complexity index is 286. The number of carbonyl (C=O) groups excluding carboxylic acids is 1. The second-order valence-electron chi connectivity index (χ2n) is 6.97. The van der Waals surface area contributed by atoms with E-state index in [9.17, 15) is 4.79 Å². The molecule has 1 amide bonds. The van der Waals surface area contributed by atoms with Crippen molar-refractivity contribution < 1.29 is 4.79 Å². The maximum Gasteiger partial charge on any atom is 0.242 e. The van der Waals surface area contributed by atoms with E-state index in [0.29, 0.717) is 5.92 Å². The van der Waals surface area contributed by atoms with Crippen molar-refractivity contribution in [2.24, 2.45) is 11.7 Å². The van der Waals surface area contributed by atoms with Gasteiger partial charge >= 0.3 is 0 Å². The molecule has 3 heteroatoms. The minimum atomic E-state index is -0.629. The second-order valence-corrected chi connectivity index (χ2v) is 6.97. The van der Waals surface area contributed by atoms with Crippen LogP contribution in [-0.2, 0) is 4.79 Å². The molecular formula is C18H36N2O. The highest BCUT2D eigenvalue weighted by molar-refractivity contribution is 5.86. The Morgan fingerprint density at radius 3 is 1.86 bits per heavy atom. The number of unbranched alkanes of at least 4 members (excludes halogenated alkanes) is 6. The molecule has 2 N–H and O–H groups in total. The standard InChI is InChI=1S/C18H36N2O/c1-4-6-8-10-14-20(15-11-9-7-5-2)17(21)18(3,19)16-12-13-16/h16H,4-15,19H2,1-3H3. The van der Waals surface area contributed by atoms with Crippen molar-refractivity contribution in [1.29, 1.82) is 0 Å². The van der Waals surface area contributed by atoms with Crippen LogP contribution in [0.4, 0.5) is 0 Å². The topological polar surface area (TPSA) is 46.3 Å². The molecule has 1 unspecified atom stereocenters. The van der Waals surface area contributed by atoms with Crippen molar-refractivity contribution in [3.8, 4) is 0 Å². The monoisotopic (exact) mass is 296 g/mol. The Morgan fingerprint density at radius 1 is 1.00 bits per heavy atom. The molecule has 124 valence electrons. The molecule has 0 radical (unpaired) electrons. The van der Waals surface area contributed by atoms with Crippen LogP contribution in [0.3, 0.4) is 0 Å². The number of hydrogen-bond donors (Lipinski definition) is 1. The zero-order chi connectivity index (χ0) is 15.7. The maximum atomic E-state index is 12.8. The Balaban J connectivity index is 2.46. The van der Waals surface area contributed by atoms with Crippen LogP contribution in [0.1, 0.15) is 85.0 Å². The van der Waals surface area contributed by atoms with Crippen LogP contribution in [0, 0.1) is 5.92 Å². The van der Waals surface area contributed by atoms with Crippen LogP contribution in [0.5, 0.6) is 0 Å². The summed E-state index contributed by atoms with van der Waals surface area (Å²) in [6, 6.07) is 0. The normalized spacial score (nSPS) is 17.5. The molecule has 0 spiro atoms. The number of carbonyl (C=O) groups is 1. The minimum absolute atomic E-state index is 0.193. The maximum absolute atomic E-state index is 12.8. The van der Waals surface area contributed by atoms with Crippen molar-refractivity contribution in [3.05, 3.63) is 0 Å². The van der Waals surface area contributed by atoms with E-state index in [-0.39, 0.29) is 5.91 Å². The van der Waals surface area contributed by atoms with Gasteiger partial charge in [0.2, 0.25) is 5.91 Å². The first kappa shape index (κ1) is 18.5. The van der Waals surface area contributed by atoms with Crippen LogP contribution in [0.15, 0.2) is 0 Å². The molecule has 0 aromatic rings. The molecule has 0 aliphatic heterocycles. The summed E-state index contributed by atoms with van der Waals surface area (Å²) in [6.07, 6.45) is 11.9. The van der Waals surface area contributed by atoms with Crippen LogP contribution in [0.25, 0.3) is 0 Å².